The van der Waals surface area contributed by atoms with Crippen LogP contribution >= 0.6 is 0 Å². The van der Waals surface area contributed by atoms with Crippen LogP contribution in [-0.2, 0) is 19.4 Å². The molecule has 0 aliphatic heterocycles. The Morgan fingerprint density at radius 3 is 2.53 bits per heavy atom. The summed E-state index contributed by atoms with van der Waals surface area (Å²) in [6, 6.07) is 6.88. The van der Waals surface area contributed by atoms with Gasteiger partial charge < -0.3 is 4.57 Å². The minimum absolute atomic E-state index is 0.621. The zero-order valence-corrected chi connectivity index (χ0v) is 20.0. The Balaban J connectivity index is 2.35. The predicted octanol–water partition coefficient (Wildman–Crippen LogP) is 7.96. The van der Waals surface area contributed by atoms with E-state index in [2.05, 4.69) is 76.1 Å². The van der Waals surface area contributed by atoms with Crippen molar-refractivity contribution >= 4 is 12.2 Å². The molecule has 0 radical (unpaired) electrons. The first kappa shape index (κ1) is 24.2. The fourth-order valence-corrected chi connectivity index (χ4v) is 4.27. The van der Waals surface area contributed by atoms with Crippen LogP contribution in [0.3, 0.4) is 0 Å². The summed E-state index contributed by atoms with van der Waals surface area (Å²) in [6.45, 7) is 16.2. The van der Waals surface area contributed by atoms with E-state index in [0.717, 1.165) is 37.9 Å². The molecule has 0 saturated carbocycles. The molecular weight excluding hydrogens is 364 g/mol. The van der Waals surface area contributed by atoms with E-state index in [4.69, 9.17) is 4.98 Å². The Morgan fingerprint density at radius 2 is 1.87 bits per heavy atom. The number of rotatable bonds is 13. The highest BCUT2D eigenvalue weighted by atomic mass is 15.1. The zero-order valence-electron chi connectivity index (χ0n) is 20.0. The lowest BCUT2D eigenvalue weighted by molar-refractivity contribution is 0.433. The molecule has 30 heavy (non-hydrogen) atoms. The van der Waals surface area contributed by atoms with Crippen LogP contribution in [0.4, 0.5) is 0 Å². The van der Waals surface area contributed by atoms with E-state index in [0.29, 0.717) is 5.92 Å². The zero-order chi connectivity index (χ0) is 21.9. The van der Waals surface area contributed by atoms with Gasteiger partial charge in [-0.05, 0) is 68.7 Å². The van der Waals surface area contributed by atoms with Gasteiger partial charge in [-0.3, -0.25) is 0 Å². The summed E-state index contributed by atoms with van der Waals surface area (Å²) >= 11 is 0. The summed E-state index contributed by atoms with van der Waals surface area (Å²) in [7, 11) is 0. The quantitative estimate of drug-likeness (QED) is 0.308. The third-order valence-corrected chi connectivity index (χ3v) is 5.97. The molecule has 0 aliphatic carbocycles. The van der Waals surface area contributed by atoms with Crippen LogP contribution in [0.5, 0.6) is 0 Å². The molecule has 0 aliphatic rings. The van der Waals surface area contributed by atoms with Gasteiger partial charge in [0.2, 0.25) is 0 Å². The lowest BCUT2D eigenvalue weighted by Crippen LogP contribution is -2.14. The van der Waals surface area contributed by atoms with Gasteiger partial charge in [-0.2, -0.15) is 0 Å². The molecular formula is C28H42N2. The Morgan fingerprint density at radius 1 is 1.07 bits per heavy atom. The van der Waals surface area contributed by atoms with E-state index in [1.165, 1.54) is 53.9 Å². The molecule has 2 heteroatoms. The van der Waals surface area contributed by atoms with Crippen LogP contribution in [0, 0.1) is 19.8 Å². The second kappa shape index (κ2) is 12.6. The van der Waals surface area contributed by atoms with Crippen LogP contribution < -0.4 is 0 Å². The van der Waals surface area contributed by atoms with E-state index in [-0.39, 0.29) is 0 Å². The molecule has 0 N–H and O–H groups in total. The molecule has 0 bridgehead atoms. The second-order valence-corrected chi connectivity index (χ2v) is 8.66. The molecule has 1 aromatic heterocycles. The fraction of sp³-hybridized carbons (Fsp3) is 0.536. The maximum absolute atomic E-state index is 5.04. The summed E-state index contributed by atoms with van der Waals surface area (Å²) in [4.78, 5) is 5.04. The Bertz CT molecular complexity index is 825. The highest BCUT2D eigenvalue weighted by Gasteiger charge is 2.19. The Hall–Kier alpha value is -2.09. The van der Waals surface area contributed by atoms with Crippen molar-refractivity contribution in [1.82, 2.24) is 9.55 Å². The minimum atomic E-state index is 0.621. The third-order valence-electron chi connectivity index (χ3n) is 5.97. The van der Waals surface area contributed by atoms with E-state index in [9.17, 15) is 0 Å². The normalized spacial score (nSPS) is 12.6. The van der Waals surface area contributed by atoms with E-state index in [1.54, 1.807) is 0 Å². The molecule has 0 spiro atoms. The first-order valence-corrected chi connectivity index (χ1v) is 12.0. The van der Waals surface area contributed by atoms with E-state index < -0.39 is 0 Å². The van der Waals surface area contributed by atoms with Gasteiger partial charge in [-0.1, -0.05) is 76.5 Å². The number of imidazole rings is 1. The van der Waals surface area contributed by atoms with Gasteiger partial charge >= 0.3 is 0 Å². The molecule has 1 heterocycles. The van der Waals surface area contributed by atoms with Crippen LogP contribution in [0.1, 0.15) is 93.2 Å². The maximum Gasteiger partial charge on any atom is 0.110 e. The lowest BCUT2D eigenvalue weighted by atomic mass is 9.88. The van der Waals surface area contributed by atoms with Crippen molar-refractivity contribution < 1.29 is 0 Å². The van der Waals surface area contributed by atoms with Crippen LogP contribution in [0.15, 0.2) is 30.9 Å². The Labute approximate surface area is 185 Å². The summed E-state index contributed by atoms with van der Waals surface area (Å²) < 4.78 is 2.44. The number of hydrogen-bond donors (Lipinski definition) is 0. The number of nitrogens with zero attached hydrogens (tertiary/aromatic N) is 2. The smallest absolute Gasteiger partial charge is 0.110 e. The first-order chi connectivity index (χ1) is 14.5. The Kier molecular flexibility index (Phi) is 10.1. The van der Waals surface area contributed by atoms with Crippen LogP contribution in [0.25, 0.3) is 12.2 Å². The van der Waals surface area contributed by atoms with Gasteiger partial charge in [0, 0.05) is 13.0 Å². The van der Waals surface area contributed by atoms with Crippen molar-refractivity contribution in [3.05, 3.63) is 64.8 Å². The molecule has 1 unspecified atom stereocenters. The number of hydrogen-bond acceptors (Lipinski definition) is 1. The number of unbranched alkanes of at least 4 members (excludes halogenated alkanes) is 2. The lowest BCUT2D eigenvalue weighted by Gasteiger charge is -2.19. The summed E-state index contributed by atoms with van der Waals surface area (Å²) in [6.07, 6.45) is 15.9. The molecule has 0 fully saturated rings. The highest BCUT2D eigenvalue weighted by molar-refractivity contribution is 5.59. The van der Waals surface area contributed by atoms with Crippen molar-refractivity contribution in [2.24, 2.45) is 5.92 Å². The van der Waals surface area contributed by atoms with Gasteiger partial charge in [0.25, 0.3) is 0 Å². The molecule has 2 rings (SSSR count). The molecule has 2 aromatic rings. The van der Waals surface area contributed by atoms with Gasteiger partial charge in [0.15, 0.2) is 0 Å². The minimum Gasteiger partial charge on any atom is -0.328 e. The summed E-state index contributed by atoms with van der Waals surface area (Å²) in [5, 5.41) is 0. The van der Waals surface area contributed by atoms with Gasteiger partial charge in [0.1, 0.15) is 5.82 Å². The third kappa shape index (κ3) is 6.72. The number of benzene rings is 1. The molecule has 1 atom stereocenters. The van der Waals surface area contributed by atoms with Crippen LogP contribution in [-0.4, -0.2) is 9.55 Å². The predicted molar refractivity (Wildman–Crippen MR) is 133 cm³/mol. The molecule has 2 nitrogen and oxygen atoms in total. The van der Waals surface area contributed by atoms with Crippen molar-refractivity contribution in [1.29, 1.82) is 0 Å². The van der Waals surface area contributed by atoms with E-state index in [1.807, 2.05) is 6.08 Å². The van der Waals surface area contributed by atoms with Gasteiger partial charge in [-0.25, -0.2) is 4.98 Å². The number of aromatic nitrogens is 2. The summed E-state index contributed by atoms with van der Waals surface area (Å²) in [5.41, 5.74) is 6.53. The van der Waals surface area contributed by atoms with Gasteiger partial charge in [-0.15, -0.1) is 0 Å². The standard InChI is InChI=1S/C28H42N2/c1-7-11-13-14-24(20-25-19-22(5)16-17-23(25)6)21-28-29-26(10-4)27(15-12-8-2)30(28)18-9-3/h10,12,15-17,19,24H,4,7-9,11,13-14,18,20-21H2,1-3,5-6H3/b15-12+. The van der Waals surface area contributed by atoms with Gasteiger partial charge in [0.05, 0.1) is 11.4 Å². The number of allylic oxidation sites excluding steroid dienone is 1. The monoisotopic (exact) mass is 406 g/mol. The largest absolute Gasteiger partial charge is 0.328 e. The van der Waals surface area contributed by atoms with Crippen molar-refractivity contribution in [3.63, 3.8) is 0 Å². The molecule has 164 valence electrons. The SMILES string of the molecule is C=Cc1nc(CC(CCCCC)Cc2cc(C)ccc2C)n(CCC)c1/C=C/CC. The second-order valence-electron chi connectivity index (χ2n) is 8.66. The van der Waals surface area contributed by atoms with E-state index >= 15 is 0 Å². The van der Waals surface area contributed by atoms with Crippen molar-refractivity contribution in [2.75, 3.05) is 0 Å². The average molecular weight is 407 g/mol. The highest BCUT2D eigenvalue weighted by Crippen LogP contribution is 2.25. The summed E-state index contributed by atoms with van der Waals surface area (Å²) in [5.74, 6) is 1.85. The van der Waals surface area contributed by atoms with Crippen molar-refractivity contribution in [3.8, 4) is 0 Å². The number of aryl methyl sites for hydroxylation is 2. The van der Waals surface area contributed by atoms with Crippen molar-refractivity contribution in [2.45, 2.75) is 92.5 Å². The van der Waals surface area contributed by atoms with Crippen LogP contribution in [0.2, 0.25) is 0 Å². The maximum atomic E-state index is 5.04. The first-order valence-electron chi connectivity index (χ1n) is 12.0. The molecule has 1 aromatic carbocycles. The fourth-order valence-electron chi connectivity index (χ4n) is 4.27. The molecule has 0 saturated heterocycles. The average Bonchev–Trinajstić information content (AvgIpc) is 3.05. The molecule has 0 amide bonds. The topological polar surface area (TPSA) is 17.8 Å².